The molecule has 104 valence electrons. The molecule has 0 heterocycles. The van der Waals surface area contributed by atoms with E-state index in [1.54, 1.807) is 0 Å². The predicted octanol–water partition coefficient (Wildman–Crippen LogP) is 4.59. The van der Waals surface area contributed by atoms with E-state index in [2.05, 4.69) is 65.0 Å². The molecule has 3 atom stereocenters. The first kappa shape index (κ1) is 14.2. The number of nitrogens with two attached hydrogens (primary N) is 1. The zero-order valence-electron chi connectivity index (χ0n) is 12.9. The number of rotatable bonds is 1. The van der Waals surface area contributed by atoms with Gasteiger partial charge in [-0.15, -0.1) is 0 Å². The molecular weight excluding hydrogens is 230 g/mol. The summed E-state index contributed by atoms with van der Waals surface area (Å²) < 4.78 is 0. The van der Waals surface area contributed by atoms with Crippen LogP contribution < -0.4 is 5.73 Å². The smallest absolute Gasteiger partial charge is 0.0260 e. The summed E-state index contributed by atoms with van der Waals surface area (Å²) in [4.78, 5) is 0. The van der Waals surface area contributed by atoms with Gasteiger partial charge in [-0.1, -0.05) is 70.1 Å². The zero-order valence-corrected chi connectivity index (χ0v) is 12.9. The molecule has 1 heteroatoms. The van der Waals surface area contributed by atoms with E-state index < -0.39 is 0 Å². The maximum absolute atomic E-state index is 6.30. The summed E-state index contributed by atoms with van der Waals surface area (Å²) in [6, 6.07) is 0. The van der Waals surface area contributed by atoms with Crippen molar-refractivity contribution in [2.75, 3.05) is 0 Å². The number of allylic oxidation sites excluding steroid dienone is 7. The first-order chi connectivity index (χ1) is 8.80. The van der Waals surface area contributed by atoms with Crippen molar-refractivity contribution in [2.24, 2.45) is 28.9 Å². The Labute approximate surface area is 118 Å². The molecule has 0 radical (unpaired) electrons. The first-order valence-corrected chi connectivity index (χ1v) is 7.35. The van der Waals surface area contributed by atoms with Gasteiger partial charge >= 0.3 is 0 Å². The summed E-state index contributed by atoms with van der Waals surface area (Å²) in [5, 5.41) is 0. The Morgan fingerprint density at radius 2 is 1.79 bits per heavy atom. The van der Waals surface area contributed by atoms with Crippen molar-refractivity contribution in [3.05, 3.63) is 47.2 Å². The summed E-state index contributed by atoms with van der Waals surface area (Å²) in [6.07, 6.45) is 12.2. The average molecular weight is 257 g/mol. The number of hydrogen-bond donors (Lipinski definition) is 1. The lowest BCUT2D eigenvalue weighted by molar-refractivity contribution is 0.379. The quantitative estimate of drug-likeness (QED) is 0.730. The lowest BCUT2D eigenvalue weighted by Crippen LogP contribution is -2.31. The highest BCUT2D eigenvalue weighted by Gasteiger charge is 2.34. The van der Waals surface area contributed by atoms with Gasteiger partial charge in [0.15, 0.2) is 0 Å². The summed E-state index contributed by atoms with van der Waals surface area (Å²) in [5.41, 5.74) is 10.5. The standard InChI is InChI=1S/C18H27N/c1-12-7-6-8-14(11-12)17-13(2)15(18(3,4)5)9-10-16(17)19/h6-10,12-13,17H,11,19H2,1-5H3. The molecule has 1 nitrogen and oxygen atoms in total. The van der Waals surface area contributed by atoms with Crippen molar-refractivity contribution in [3.8, 4) is 0 Å². The summed E-state index contributed by atoms with van der Waals surface area (Å²) in [5.74, 6) is 1.51. The van der Waals surface area contributed by atoms with Gasteiger partial charge in [-0.05, 0) is 29.7 Å². The van der Waals surface area contributed by atoms with E-state index in [0.717, 1.165) is 12.1 Å². The lowest BCUT2D eigenvalue weighted by Gasteiger charge is -2.38. The van der Waals surface area contributed by atoms with Gasteiger partial charge in [0.05, 0.1) is 0 Å². The van der Waals surface area contributed by atoms with E-state index in [9.17, 15) is 0 Å². The molecule has 3 unspecified atom stereocenters. The van der Waals surface area contributed by atoms with Crippen LogP contribution in [0.15, 0.2) is 47.2 Å². The van der Waals surface area contributed by atoms with Crippen molar-refractivity contribution in [2.45, 2.75) is 41.0 Å². The van der Waals surface area contributed by atoms with Crippen molar-refractivity contribution in [3.63, 3.8) is 0 Å². The van der Waals surface area contributed by atoms with E-state index in [-0.39, 0.29) is 5.41 Å². The Hall–Kier alpha value is -1.24. The fourth-order valence-corrected chi connectivity index (χ4v) is 3.49. The Bertz CT molecular complexity index is 468. The molecule has 2 N–H and O–H groups in total. The molecule has 0 saturated carbocycles. The van der Waals surface area contributed by atoms with Crippen LogP contribution in [0.25, 0.3) is 0 Å². The van der Waals surface area contributed by atoms with E-state index >= 15 is 0 Å². The monoisotopic (exact) mass is 257 g/mol. The molecule has 0 aromatic rings. The first-order valence-electron chi connectivity index (χ1n) is 7.35. The van der Waals surface area contributed by atoms with Crippen LogP contribution in [0.4, 0.5) is 0 Å². The Kier molecular flexibility index (Phi) is 3.75. The summed E-state index contributed by atoms with van der Waals surface area (Å²) >= 11 is 0. The third-order valence-corrected chi connectivity index (χ3v) is 4.38. The molecule has 0 amide bonds. The van der Waals surface area contributed by atoms with Crippen molar-refractivity contribution in [1.82, 2.24) is 0 Å². The van der Waals surface area contributed by atoms with Crippen LogP contribution in [0.1, 0.15) is 41.0 Å². The SMILES string of the molecule is CC1C=CC=C(C2C(N)=CC=C(C(C)(C)C)C2C)C1. The van der Waals surface area contributed by atoms with E-state index in [1.165, 1.54) is 11.1 Å². The van der Waals surface area contributed by atoms with Crippen LogP contribution in [-0.2, 0) is 0 Å². The van der Waals surface area contributed by atoms with E-state index in [1.807, 2.05) is 0 Å². The maximum Gasteiger partial charge on any atom is 0.0260 e. The fraction of sp³-hybridized carbons (Fsp3) is 0.556. The van der Waals surface area contributed by atoms with Crippen LogP contribution in [0, 0.1) is 23.2 Å². The predicted molar refractivity (Wildman–Crippen MR) is 83.5 cm³/mol. The molecule has 0 fully saturated rings. The number of hydrogen-bond acceptors (Lipinski definition) is 1. The van der Waals surface area contributed by atoms with Crippen LogP contribution in [0.5, 0.6) is 0 Å². The minimum Gasteiger partial charge on any atom is -0.402 e. The van der Waals surface area contributed by atoms with Gasteiger partial charge in [0.1, 0.15) is 0 Å². The lowest BCUT2D eigenvalue weighted by atomic mass is 9.67. The zero-order chi connectivity index (χ0) is 14.2. The molecule has 0 saturated heterocycles. The van der Waals surface area contributed by atoms with Crippen molar-refractivity contribution >= 4 is 0 Å². The van der Waals surface area contributed by atoms with Gasteiger partial charge < -0.3 is 5.73 Å². The van der Waals surface area contributed by atoms with Crippen LogP contribution in [0.3, 0.4) is 0 Å². The van der Waals surface area contributed by atoms with Crippen LogP contribution in [-0.4, -0.2) is 0 Å². The van der Waals surface area contributed by atoms with Gasteiger partial charge in [0.25, 0.3) is 0 Å². The highest BCUT2D eigenvalue weighted by molar-refractivity contribution is 5.38. The third-order valence-electron chi connectivity index (χ3n) is 4.38. The molecule has 2 aliphatic rings. The topological polar surface area (TPSA) is 26.0 Å². The van der Waals surface area contributed by atoms with E-state index in [4.69, 9.17) is 5.73 Å². The second-order valence-electron chi connectivity index (χ2n) is 7.11. The summed E-state index contributed by atoms with van der Waals surface area (Å²) in [7, 11) is 0. The Balaban J connectivity index is 2.33. The molecular formula is C18H27N. The molecule has 0 spiro atoms. The van der Waals surface area contributed by atoms with Crippen LogP contribution in [0.2, 0.25) is 0 Å². The summed E-state index contributed by atoms with van der Waals surface area (Å²) in [6.45, 7) is 11.5. The van der Waals surface area contributed by atoms with E-state index in [0.29, 0.717) is 17.8 Å². The van der Waals surface area contributed by atoms with Gasteiger partial charge in [-0.3, -0.25) is 0 Å². The molecule has 0 aromatic heterocycles. The molecule has 19 heavy (non-hydrogen) atoms. The molecule has 0 aliphatic heterocycles. The highest BCUT2D eigenvalue weighted by Crippen LogP contribution is 2.43. The minimum absolute atomic E-state index is 0.214. The highest BCUT2D eigenvalue weighted by atomic mass is 14.6. The van der Waals surface area contributed by atoms with Crippen molar-refractivity contribution in [1.29, 1.82) is 0 Å². The second-order valence-corrected chi connectivity index (χ2v) is 7.11. The average Bonchev–Trinajstić information content (AvgIpc) is 2.27. The van der Waals surface area contributed by atoms with Gasteiger partial charge in [0.2, 0.25) is 0 Å². The van der Waals surface area contributed by atoms with Gasteiger partial charge in [-0.2, -0.15) is 0 Å². The van der Waals surface area contributed by atoms with Gasteiger partial charge in [0, 0.05) is 11.6 Å². The third kappa shape index (κ3) is 2.86. The molecule has 0 aromatic carbocycles. The molecule has 0 bridgehead atoms. The molecule has 2 rings (SSSR count). The largest absolute Gasteiger partial charge is 0.402 e. The Morgan fingerprint density at radius 3 is 2.37 bits per heavy atom. The van der Waals surface area contributed by atoms with Crippen LogP contribution >= 0.6 is 0 Å². The normalized spacial score (nSPS) is 31.6. The fourth-order valence-electron chi connectivity index (χ4n) is 3.49. The van der Waals surface area contributed by atoms with Crippen molar-refractivity contribution < 1.29 is 0 Å². The Morgan fingerprint density at radius 1 is 1.11 bits per heavy atom. The molecule has 2 aliphatic carbocycles. The minimum atomic E-state index is 0.214. The second kappa shape index (κ2) is 5.03. The maximum atomic E-state index is 6.30. The van der Waals surface area contributed by atoms with Gasteiger partial charge in [-0.25, -0.2) is 0 Å².